The Morgan fingerprint density at radius 1 is 1.21 bits per heavy atom. The predicted molar refractivity (Wildman–Crippen MR) is 91.9 cm³/mol. The van der Waals surface area contributed by atoms with Gasteiger partial charge in [-0.3, -0.25) is 4.79 Å². The monoisotopic (exact) mass is 365 g/mol. The number of aromatic carboxylic acids is 1. The summed E-state index contributed by atoms with van der Waals surface area (Å²) < 4.78 is 5.08. The zero-order valence-corrected chi connectivity index (χ0v) is 14.3. The molecule has 1 saturated heterocycles. The topological polar surface area (TPSA) is 70.7 Å². The van der Waals surface area contributed by atoms with Crippen LogP contribution >= 0.6 is 23.4 Å². The first-order valence-corrected chi connectivity index (χ1v) is 8.82. The maximum Gasteiger partial charge on any atom is 0.338 e. The molecule has 24 heavy (non-hydrogen) atoms. The standard InChI is InChI=1S/C17H16ClNO4S/c18-12-1-3-13(4-2-12)24-14-5-7-19(8-6-14)16(20)15-9-11(10-23-15)17(21)22/h1-4,9-10,14H,5-8H2,(H,21,22). The minimum Gasteiger partial charge on any atom is -0.478 e. The molecule has 1 N–H and O–H groups in total. The minimum absolute atomic E-state index is 0.00784. The van der Waals surface area contributed by atoms with E-state index in [0.29, 0.717) is 18.3 Å². The first-order chi connectivity index (χ1) is 11.5. The molecule has 0 radical (unpaired) electrons. The minimum atomic E-state index is -1.10. The fourth-order valence-electron chi connectivity index (χ4n) is 2.60. The number of thioether (sulfide) groups is 1. The largest absolute Gasteiger partial charge is 0.478 e. The highest BCUT2D eigenvalue weighted by atomic mass is 35.5. The van der Waals surface area contributed by atoms with Crippen LogP contribution in [-0.4, -0.2) is 40.2 Å². The third-order valence-corrected chi connectivity index (χ3v) is 5.50. The number of piperidine rings is 1. The van der Waals surface area contributed by atoms with Gasteiger partial charge in [0.25, 0.3) is 5.91 Å². The molecule has 1 amide bonds. The fourth-order valence-corrected chi connectivity index (χ4v) is 3.85. The van der Waals surface area contributed by atoms with Gasteiger partial charge in [-0.15, -0.1) is 11.8 Å². The Labute approximate surface area is 148 Å². The van der Waals surface area contributed by atoms with E-state index in [4.69, 9.17) is 21.1 Å². The highest BCUT2D eigenvalue weighted by molar-refractivity contribution is 8.00. The lowest BCUT2D eigenvalue weighted by molar-refractivity contribution is 0.0687. The lowest BCUT2D eigenvalue weighted by Crippen LogP contribution is -2.39. The van der Waals surface area contributed by atoms with Gasteiger partial charge in [0, 0.05) is 34.3 Å². The van der Waals surface area contributed by atoms with Gasteiger partial charge >= 0.3 is 5.97 Å². The van der Waals surface area contributed by atoms with Crippen molar-refractivity contribution < 1.29 is 19.1 Å². The van der Waals surface area contributed by atoms with Crippen LogP contribution in [-0.2, 0) is 0 Å². The highest BCUT2D eigenvalue weighted by Gasteiger charge is 2.26. The smallest absolute Gasteiger partial charge is 0.338 e. The SMILES string of the molecule is O=C(O)c1coc(C(=O)N2CCC(Sc3ccc(Cl)cc3)CC2)c1. The molecule has 126 valence electrons. The predicted octanol–water partition coefficient (Wildman–Crippen LogP) is 4.03. The van der Waals surface area contributed by atoms with Crippen molar-refractivity contribution in [3.05, 3.63) is 52.9 Å². The molecular formula is C17H16ClNO4S. The quantitative estimate of drug-likeness (QED) is 0.885. The van der Waals surface area contributed by atoms with Crippen LogP contribution < -0.4 is 0 Å². The summed E-state index contributed by atoms with van der Waals surface area (Å²) in [5.41, 5.74) is -0.00784. The Hall–Kier alpha value is -1.92. The number of rotatable bonds is 4. The first-order valence-electron chi connectivity index (χ1n) is 7.56. The molecule has 1 aromatic heterocycles. The van der Waals surface area contributed by atoms with E-state index in [9.17, 15) is 9.59 Å². The van der Waals surface area contributed by atoms with E-state index in [2.05, 4.69) is 0 Å². The second-order valence-corrected chi connectivity index (χ2v) is 7.38. The molecule has 0 unspecified atom stereocenters. The number of hydrogen-bond donors (Lipinski definition) is 1. The molecule has 0 saturated carbocycles. The van der Waals surface area contributed by atoms with Crippen molar-refractivity contribution in [1.82, 2.24) is 4.90 Å². The van der Waals surface area contributed by atoms with Crippen LogP contribution in [0.2, 0.25) is 5.02 Å². The molecular weight excluding hydrogens is 350 g/mol. The Bertz CT molecular complexity index is 735. The second kappa shape index (κ2) is 7.32. The van der Waals surface area contributed by atoms with Crippen LogP contribution in [0.25, 0.3) is 0 Å². The molecule has 2 heterocycles. The molecule has 1 fully saturated rings. The summed E-state index contributed by atoms with van der Waals surface area (Å²) in [6.07, 6.45) is 2.86. The number of nitrogens with zero attached hydrogens (tertiary/aromatic N) is 1. The zero-order valence-electron chi connectivity index (χ0n) is 12.8. The lowest BCUT2D eigenvalue weighted by atomic mass is 10.1. The molecule has 2 aromatic rings. The number of likely N-dealkylation sites (tertiary alicyclic amines) is 1. The number of benzene rings is 1. The van der Waals surface area contributed by atoms with E-state index >= 15 is 0 Å². The molecule has 0 bridgehead atoms. The Morgan fingerprint density at radius 2 is 1.88 bits per heavy atom. The van der Waals surface area contributed by atoms with E-state index in [-0.39, 0.29) is 17.2 Å². The van der Waals surface area contributed by atoms with E-state index < -0.39 is 5.97 Å². The van der Waals surface area contributed by atoms with Crippen LogP contribution in [0.1, 0.15) is 33.8 Å². The van der Waals surface area contributed by atoms with Crippen LogP contribution in [0, 0.1) is 0 Å². The second-order valence-electron chi connectivity index (χ2n) is 5.57. The fraction of sp³-hybridized carbons (Fsp3) is 0.294. The number of carboxylic acid groups (broad SMARTS) is 1. The maximum absolute atomic E-state index is 12.4. The van der Waals surface area contributed by atoms with Crippen molar-refractivity contribution in [3.8, 4) is 0 Å². The van der Waals surface area contributed by atoms with Crippen LogP contribution in [0.3, 0.4) is 0 Å². The Morgan fingerprint density at radius 3 is 2.46 bits per heavy atom. The third-order valence-electron chi connectivity index (χ3n) is 3.90. The van der Waals surface area contributed by atoms with E-state index in [1.165, 1.54) is 11.0 Å². The number of carboxylic acids is 1. The molecule has 1 aromatic carbocycles. The van der Waals surface area contributed by atoms with Crippen molar-refractivity contribution in [3.63, 3.8) is 0 Å². The van der Waals surface area contributed by atoms with Gasteiger partial charge in [0.1, 0.15) is 6.26 Å². The number of hydrogen-bond acceptors (Lipinski definition) is 4. The molecule has 0 aliphatic carbocycles. The van der Waals surface area contributed by atoms with Gasteiger partial charge in [-0.1, -0.05) is 11.6 Å². The van der Waals surface area contributed by atoms with Crippen LogP contribution in [0.15, 0.2) is 45.9 Å². The Balaban J connectivity index is 1.55. The molecule has 0 atom stereocenters. The summed E-state index contributed by atoms with van der Waals surface area (Å²) in [6, 6.07) is 9.03. The van der Waals surface area contributed by atoms with Crippen LogP contribution in [0.4, 0.5) is 0 Å². The van der Waals surface area contributed by atoms with Crippen LogP contribution in [0.5, 0.6) is 0 Å². The van der Waals surface area contributed by atoms with Gasteiger partial charge in [-0.05, 0) is 37.1 Å². The number of halogens is 1. The van der Waals surface area contributed by atoms with Gasteiger partial charge in [0.15, 0.2) is 5.76 Å². The van der Waals surface area contributed by atoms with Gasteiger partial charge < -0.3 is 14.4 Å². The van der Waals surface area contributed by atoms with Crippen molar-refractivity contribution in [2.24, 2.45) is 0 Å². The number of furan rings is 1. The average molecular weight is 366 g/mol. The third kappa shape index (κ3) is 3.94. The zero-order chi connectivity index (χ0) is 17.1. The summed E-state index contributed by atoms with van der Waals surface area (Å²) in [4.78, 5) is 26.1. The lowest BCUT2D eigenvalue weighted by Gasteiger charge is -2.31. The summed E-state index contributed by atoms with van der Waals surface area (Å²) >= 11 is 7.68. The van der Waals surface area contributed by atoms with Crippen molar-refractivity contribution in [2.75, 3.05) is 13.1 Å². The number of carbonyl (C=O) groups excluding carboxylic acids is 1. The summed E-state index contributed by atoms with van der Waals surface area (Å²) in [5.74, 6) is -1.27. The first kappa shape index (κ1) is 16.9. The molecule has 1 aliphatic rings. The van der Waals surface area contributed by atoms with Crippen molar-refractivity contribution in [2.45, 2.75) is 23.0 Å². The number of carbonyl (C=O) groups is 2. The summed E-state index contributed by atoms with van der Waals surface area (Å²) in [6.45, 7) is 1.26. The van der Waals surface area contributed by atoms with Gasteiger partial charge in [0.2, 0.25) is 0 Å². The van der Waals surface area contributed by atoms with Crippen molar-refractivity contribution in [1.29, 1.82) is 0 Å². The summed E-state index contributed by atoms with van der Waals surface area (Å²) in [5, 5.41) is 10.1. The van der Waals surface area contributed by atoms with Gasteiger partial charge in [-0.2, -0.15) is 0 Å². The van der Waals surface area contributed by atoms with Crippen molar-refractivity contribution >= 4 is 35.2 Å². The van der Waals surface area contributed by atoms with E-state index in [1.807, 2.05) is 24.3 Å². The Kier molecular flexibility index (Phi) is 5.16. The average Bonchev–Trinajstić information content (AvgIpc) is 3.07. The summed E-state index contributed by atoms with van der Waals surface area (Å²) in [7, 11) is 0. The normalized spacial score (nSPS) is 15.5. The molecule has 1 aliphatic heterocycles. The van der Waals surface area contributed by atoms with E-state index in [0.717, 1.165) is 24.1 Å². The van der Waals surface area contributed by atoms with Gasteiger partial charge in [-0.25, -0.2) is 4.79 Å². The highest BCUT2D eigenvalue weighted by Crippen LogP contribution is 2.31. The van der Waals surface area contributed by atoms with E-state index in [1.54, 1.807) is 16.7 Å². The molecule has 3 rings (SSSR count). The molecule has 0 spiro atoms. The number of amides is 1. The van der Waals surface area contributed by atoms with Gasteiger partial charge in [0.05, 0.1) is 5.56 Å². The maximum atomic E-state index is 12.4. The molecule has 5 nitrogen and oxygen atoms in total. The molecule has 7 heteroatoms.